The van der Waals surface area contributed by atoms with E-state index < -0.39 is 0 Å². The zero-order chi connectivity index (χ0) is 19.4. The molecule has 140 valence electrons. The Morgan fingerprint density at radius 3 is 2.67 bits per heavy atom. The van der Waals surface area contributed by atoms with E-state index in [-0.39, 0.29) is 12.5 Å². The molecule has 0 aliphatic rings. The number of benzene rings is 1. The van der Waals surface area contributed by atoms with Crippen LogP contribution in [0.1, 0.15) is 27.9 Å². The van der Waals surface area contributed by atoms with Gasteiger partial charge in [0.1, 0.15) is 11.5 Å². The zero-order valence-corrected chi connectivity index (χ0v) is 16.5. The molecule has 2 N–H and O–H groups in total. The van der Waals surface area contributed by atoms with Crippen molar-refractivity contribution < 1.29 is 4.79 Å². The maximum atomic E-state index is 12.1. The number of rotatable bonds is 6. The molecule has 27 heavy (non-hydrogen) atoms. The highest BCUT2D eigenvalue weighted by Crippen LogP contribution is 2.21. The molecule has 3 aromatic rings. The van der Waals surface area contributed by atoms with E-state index in [1.54, 1.807) is 23.0 Å². The second-order valence-corrected chi connectivity index (χ2v) is 7.57. The van der Waals surface area contributed by atoms with Crippen molar-refractivity contribution in [2.45, 2.75) is 13.5 Å². The smallest absolute Gasteiger partial charge is 0.261 e. The summed E-state index contributed by atoms with van der Waals surface area (Å²) in [5.74, 6) is 0.282. The Hall–Kier alpha value is -2.71. The predicted molar refractivity (Wildman–Crippen MR) is 107 cm³/mol. The minimum Gasteiger partial charge on any atom is -0.360 e. The van der Waals surface area contributed by atoms with E-state index in [1.807, 2.05) is 43.1 Å². The van der Waals surface area contributed by atoms with Crippen LogP contribution in [0.15, 0.2) is 42.6 Å². The molecule has 0 aliphatic carbocycles. The Bertz CT molecular complexity index is 949. The molecular formula is C18H19ClN6OS. The van der Waals surface area contributed by atoms with Gasteiger partial charge >= 0.3 is 0 Å². The van der Waals surface area contributed by atoms with Crippen molar-refractivity contribution in [2.75, 3.05) is 13.6 Å². The Labute approximate surface area is 166 Å². The van der Waals surface area contributed by atoms with Crippen molar-refractivity contribution in [3.63, 3.8) is 0 Å². The fourth-order valence-electron chi connectivity index (χ4n) is 2.35. The van der Waals surface area contributed by atoms with Gasteiger partial charge in [0.25, 0.3) is 5.91 Å². The van der Waals surface area contributed by atoms with E-state index in [0.29, 0.717) is 20.7 Å². The van der Waals surface area contributed by atoms with Crippen LogP contribution in [-0.4, -0.2) is 45.2 Å². The highest BCUT2D eigenvalue weighted by molar-refractivity contribution is 7.17. The summed E-state index contributed by atoms with van der Waals surface area (Å²) in [6, 6.07) is 10.9. The van der Waals surface area contributed by atoms with Gasteiger partial charge in [-0.3, -0.25) is 10.2 Å². The number of amidine groups is 1. The van der Waals surface area contributed by atoms with Crippen LogP contribution in [0.2, 0.25) is 4.34 Å². The normalized spacial score (nSPS) is 10.6. The van der Waals surface area contributed by atoms with Crippen molar-refractivity contribution in [2.24, 2.45) is 0 Å². The first kappa shape index (κ1) is 19.1. The molecule has 2 aromatic heterocycles. The lowest BCUT2D eigenvalue weighted by Gasteiger charge is -2.17. The van der Waals surface area contributed by atoms with Crippen LogP contribution in [0, 0.1) is 5.41 Å². The number of amides is 1. The van der Waals surface area contributed by atoms with Crippen LogP contribution in [0.25, 0.3) is 5.69 Å². The predicted octanol–water partition coefficient (Wildman–Crippen LogP) is 3.19. The summed E-state index contributed by atoms with van der Waals surface area (Å²) in [5.41, 5.74) is 2.32. The molecule has 0 saturated heterocycles. The van der Waals surface area contributed by atoms with Gasteiger partial charge in [-0.25, -0.2) is 4.68 Å². The largest absolute Gasteiger partial charge is 0.360 e. The maximum absolute atomic E-state index is 12.1. The lowest BCUT2D eigenvalue weighted by molar-refractivity contribution is 0.0954. The summed E-state index contributed by atoms with van der Waals surface area (Å²) < 4.78 is 2.22. The molecule has 3 rings (SSSR count). The van der Waals surface area contributed by atoms with Crippen LogP contribution in [0.5, 0.6) is 0 Å². The van der Waals surface area contributed by atoms with Gasteiger partial charge in [0.05, 0.1) is 27.6 Å². The first-order valence-corrected chi connectivity index (χ1v) is 9.52. The zero-order valence-electron chi connectivity index (χ0n) is 14.9. The lowest BCUT2D eigenvalue weighted by atomic mass is 10.2. The van der Waals surface area contributed by atoms with Gasteiger partial charge in [-0.15, -0.1) is 16.4 Å². The molecule has 0 atom stereocenters. The average molecular weight is 403 g/mol. The highest BCUT2D eigenvalue weighted by atomic mass is 35.5. The third-order valence-electron chi connectivity index (χ3n) is 4.03. The quantitative estimate of drug-likeness (QED) is 0.489. The molecule has 7 nitrogen and oxygen atoms in total. The Balaban J connectivity index is 1.63. The summed E-state index contributed by atoms with van der Waals surface area (Å²) in [7, 11) is 1.89. The summed E-state index contributed by atoms with van der Waals surface area (Å²) >= 11 is 7.08. The average Bonchev–Trinajstić information content (AvgIpc) is 3.34. The standard InChI is InChI=1S/C18H19ClN6OS/c1-3-24(2)17(20)12-4-6-14(7-5-12)25-11-13(22-23-25)10-21-18(26)15-8-9-16(19)27-15/h4-9,11,20H,3,10H2,1-2H3,(H,21,26). The molecule has 9 heteroatoms. The number of nitrogens with one attached hydrogen (secondary N) is 2. The molecule has 0 bridgehead atoms. The topological polar surface area (TPSA) is 86.9 Å². The van der Waals surface area contributed by atoms with Crippen LogP contribution in [0.3, 0.4) is 0 Å². The summed E-state index contributed by atoms with van der Waals surface area (Å²) in [5, 5.41) is 19.1. The van der Waals surface area contributed by atoms with Crippen molar-refractivity contribution in [3.05, 3.63) is 63.1 Å². The molecule has 0 saturated carbocycles. The molecule has 0 fully saturated rings. The maximum Gasteiger partial charge on any atom is 0.261 e. The van der Waals surface area contributed by atoms with E-state index in [0.717, 1.165) is 17.8 Å². The summed E-state index contributed by atoms with van der Waals surface area (Å²) in [6.07, 6.45) is 1.76. The van der Waals surface area contributed by atoms with E-state index in [9.17, 15) is 4.79 Å². The van der Waals surface area contributed by atoms with Crippen LogP contribution >= 0.6 is 22.9 Å². The first-order chi connectivity index (χ1) is 13.0. The number of nitrogens with zero attached hydrogens (tertiary/aromatic N) is 4. The first-order valence-electron chi connectivity index (χ1n) is 8.33. The Kier molecular flexibility index (Phi) is 5.88. The molecule has 0 unspecified atom stereocenters. The molecule has 0 radical (unpaired) electrons. The van der Waals surface area contributed by atoms with Gasteiger partial charge in [-0.05, 0) is 43.3 Å². The lowest BCUT2D eigenvalue weighted by Crippen LogP contribution is -2.26. The third-order valence-corrected chi connectivity index (χ3v) is 5.26. The fraction of sp³-hybridized carbons (Fsp3) is 0.222. The fourth-order valence-corrected chi connectivity index (χ4v) is 3.31. The number of carbonyl (C=O) groups excluding carboxylic acids is 1. The van der Waals surface area contributed by atoms with Crippen LogP contribution < -0.4 is 5.32 Å². The number of hydrogen-bond donors (Lipinski definition) is 2. The monoisotopic (exact) mass is 402 g/mol. The number of aromatic nitrogens is 3. The minimum atomic E-state index is -0.190. The van der Waals surface area contributed by atoms with Crippen molar-refractivity contribution in [1.82, 2.24) is 25.2 Å². The van der Waals surface area contributed by atoms with E-state index in [2.05, 4.69) is 15.6 Å². The Morgan fingerprint density at radius 1 is 1.30 bits per heavy atom. The van der Waals surface area contributed by atoms with Crippen LogP contribution in [0.4, 0.5) is 0 Å². The van der Waals surface area contributed by atoms with E-state index >= 15 is 0 Å². The second-order valence-electron chi connectivity index (χ2n) is 5.85. The molecule has 0 aliphatic heterocycles. The number of thiophene rings is 1. The van der Waals surface area contributed by atoms with E-state index in [4.69, 9.17) is 17.0 Å². The molecule has 1 amide bonds. The third kappa shape index (κ3) is 4.53. The minimum absolute atomic E-state index is 0.190. The molecular weight excluding hydrogens is 384 g/mol. The van der Waals surface area contributed by atoms with Crippen molar-refractivity contribution in [1.29, 1.82) is 5.41 Å². The van der Waals surface area contributed by atoms with Gasteiger partial charge < -0.3 is 10.2 Å². The van der Waals surface area contributed by atoms with Crippen molar-refractivity contribution in [3.8, 4) is 5.69 Å². The van der Waals surface area contributed by atoms with Gasteiger partial charge in [-0.2, -0.15) is 0 Å². The van der Waals surface area contributed by atoms with Gasteiger partial charge in [0, 0.05) is 19.2 Å². The number of carbonyl (C=O) groups is 1. The van der Waals surface area contributed by atoms with E-state index in [1.165, 1.54) is 11.3 Å². The van der Waals surface area contributed by atoms with Gasteiger partial charge in [0.2, 0.25) is 0 Å². The molecule has 2 heterocycles. The summed E-state index contributed by atoms with van der Waals surface area (Å²) in [4.78, 5) is 14.5. The molecule has 0 spiro atoms. The van der Waals surface area contributed by atoms with Gasteiger partial charge in [0.15, 0.2) is 0 Å². The summed E-state index contributed by atoms with van der Waals surface area (Å²) in [6.45, 7) is 3.06. The Morgan fingerprint density at radius 2 is 2.04 bits per heavy atom. The van der Waals surface area contributed by atoms with Crippen molar-refractivity contribution >= 4 is 34.7 Å². The number of halogens is 1. The van der Waals surface area contributed by atoms with Crippen LogP contribution in [-0.2, 0) is 6.54 Å². The SMILES string of the molecule is CCN(C)C(=N)c1ccc(-n2cc(CNC(=O)c3ccc(Cl)s3)nn2)cc1. The number of hydrogen-bond acceptors (Lipinski definition) is 5. The highest BCUT2D eigenvalue weighted by Gasteiger charge is 2.10. The molecule has 1 aromatic carbocycles. The second kappa shape index (κ2) is 8.32. The van der Waals surface area contributed by atoms with Gasteiger partial charge in [-0.1, -0.05) is 16.8 Å².